The molecule has 26 heavy (non-hydrogen) atoms. The van der Waals surface area contributed by atoms with Gasteiger partial charge in [-0.1, -0.05) is 24.3 Å². The number of fused-ring (bicyclic) bond motifs is 1. The SMILES string of the molecule is Cc1ccccc1CCNC(=O)COC(=O)c1c(C)nn2cccnc12. The van der Waals surface area contributed by atoms with Crippen molar-refractivity contribution in [1.29, 1.82) is 0 Å². The van der Waals surface area contributed by atoms with Crippen molar-refractivity contribution in [2.75, 3.05) is 13.2 Å². The van der Waals surface area contributed by atoms with Crippen LogP contribution in [0.25, 0.3) is 5.65 Å². The molecule has 0 aliphatic rings. The molecule has 7 heteroatoms. The Kier molecular flexibility index (Phi) is 5.26. The number of carbonyl (C=O) groups excluding carboxylic acids is 2. The Hall–Kier alpha value is -3.22. The fourth-order valence-electron chi connectivity index (χ4n) is 2.72. The molecule has 0 aliphatic heterocycles. The number of aromatic nitrogens is 3. The summed E-state index contributed by atoms with van der Waals surface area (Å²) in [4.78, 5) is 28.3. The highest BCUT2D eigenvalue weighted by Gasteiger charge is 2.20. The van der Waals surface area contributed by atoms with Crippen LogP contribution in [0.15, 0.2) is 42.7 Å². The molecule has 1 amide bonds. The van der Waals surface area contributed by atoms with Gasteiger partial charge in [0.05, 0.1) is 5.69 Å². The molecule has 0 aliphatic carbocycles. The van der Waals surface area contributed by atoms with Gasteiger partial charge in [-0.2, -0.15) is 5.10 Å². The number of rotatable bonds is 6. The zero-order chi connectivity index (χ0) is 18.5. The van der Waals surface area contributed by atoms with E-state index in [9.17, 15) is 9.59 Å². The van der Waals surface area contributed by atoms with E-state index in [4.69, 9.17) is 4.74 Å². The first kappa shape index (κ1) is 17.6. The van der Waals surface area contributed by atoms with E-state index in [1.165, 1.54) is 15.6 Å². The normalized spacial score (nSPS) is 10.7. The van der Waals surface area contributed by atoms with Crippen molar-refractivity contribution in [1.82, 2.24) is 19.9 Å². The monoisotopic (exact) mass is 352 g/mol. The molecule has 0 spiro atoms. The van der Waals surface area contributed by atoms with E-state index in [0.29, 0.717) is 17.9 Å². The van der Waals surface area contributed by atoms with E-state index in [0.717, 1.165) is 6.42 Å². The predicted molar refractivity (Wildman–Crippen MR) is 95.9 cm³/mol. The van der Waals surface area contributed by atoms with Crippen LogP contribution < -0.4 is 5.32 Å². The van der Waals surface area contributed by atoms with E-state index in [2.05, 4.69) is 15.4 Å². The smallest absolute Gasteiger partial charge is 0.344 e. The molecule has 0 saturated heterocycles. The highest BCUT2D eigenvalue weighted by molar-refractivity contribution is 5.98. The number of ether oxygens (including phenoxy) is 1. The van der Waals surface area contributed by atoms with Crippen LogP contribution in [0.4, 0.5) is 0 Å². The van der Waals surface area contributed by atoms with E-state index in [1.54, 1.807) is 25.4 Å². The lowest BCUT2D eigenvalue weighted by atomic mass is 10.1. The Morgan fingerprint density at radius 1 is 1.19 bits per heavy atom. The Morgan fingerprint density at radius 2 is 2.00 bits per heavy atom. The fraction of sp³-hybridized carbons (Fsp3) is 0.263. The van der Waals surface area contributed by atoms with Crippen LogP contribution in [0.2, 0.25) is 0 Å². The minimum absolute atomic E-state index is 0.276. The number of amides is 1. The van der Waals surface area contributed by atoms with Crippen LogP contribution >= 0.6 is 0 Å². The summed E-state index contributed by atoms with van der Waals surface area (Å²) in [6, 6.07) is 9.73. The topological polar surface area (TPSA) is 85.6 Å². The van der Waals surface area contributed by atoms with Gasteiger partial charge in [-0.25, -0.2) is 14.3 Å². The number of nitrogens with zero attached hydrogens (tertiary/aromatic N) is 3. The third-order valence-electron chi connectivity index (χ3n) is 4.09. The second-order valence-electron chi connectivity index (χ2n) is 5.95. The van der Waals surface area contributed by atoms with Gasteiger partial charge in [0.1, 0.15) is 5.56 Å². The minimum atomic E-state index is -0.606. The molecule has 134 valence electrons. The molecule has 0 bridgehead atoms. The Balaban J connectivity index is 1.52. The van der Waals surface area contributed by atoms with Crippen molar-refractivity contribution < 1.29 is 14.3 Å². The molecule has 7 nitrogen and oxygen atoms in total. The van der Waals surface area contributed by atoms with Crippen molar-refractivity contribution in [3.63, 3.8) is 0 Å². The van der Waals surface area contributed by atoms with Gasteiger partial charge in [0.2, 0.25) is 0 Å². The molecule has 1 aromatic carbocycles. The highest BCUT2D eigenvalue weighted by Crippen LogP contribution is 2.14. The molecule has 2 aromatic heterocycles. The first-order valence-corrected chi connectivity index (χ1v) is 8.34. The van der Waals surface area contributed by atoms with Crippen LogP contribution in [0.3, 0.4) is 0 Å². The zero-order valence-corrected chi connectivity index (χ0v) is 14.7. The third-order valence-corrected chi connectivity index (χ3v) is 4.09. The second kappa shape index (κ2) is 7.77. The van der Waals surface area contributed by atoms with Crippen LogP contribution in [0.5, 0.6) is 0 Å². The predicted octanol–water partition coefficient (Wildman–Crippen LogP) is 1.86. The van der Waals surface area contributed by atoms with Crippen LogP contribution in [0, 0.1) is 13.8 Å². The van der Waals surface area contributed by atoms with Crippen molar-refractivity contribution in [3.05, 3.63) is 65.1 Å². The van der Waals surface area contributed by atoms with Gasteiger partial charge in [0.25, 0.3) is 5.91 Å². The minimum Gasteiger partial charge on any atom is -0.452 e. The largest absolute Gasteiger partial charge is 0.452 e. The summed E-state index contributed by atoms with van der Waals surface area (Å²) in [5, 5.41) is 6.96. The molecule has 0 unspecified atom stereocenters. The summed E-state index contributed by atoms with van der Waals surface area (Å²) in [6.45, 7) is 3.88. The molecule has 1 N–H and O–H groups in total. The van der Waals surface area contributed by atoms with Crippen LogP contribution in [-0.4, -0.2) is 39.6 Å². The molecular weight excluding hydrogens is 332 g/mol. The molecule has 0 radical (unpaired) electrons. The maximum absolute atomic E-state index is 12.3. The van der Waals surface area contributed by atoms with E-state index in [-0.39, 0.29) is 18.1 Å². The quantitative estimate of drug-likeness (QED) is 0.685. The van der Waals surface area contributed by atoms with Gasteiger partial charge in [-0.05, 0) is 37.5 Å². The highest BCUT2D eigenvalue weighted by atomic mass is 16.5. The standard InChI is InChI=1S/C19H20N4O3/c1-13-6-3-4-7-15(13)8-10-20-16(24)12-26-19(25)17-14(2)22-23-11-5-9-21-18(17)23/h3-7,9,11H,8,10,12H2,1-2H3,(H,20,24). The van der Waals surface area contributed by atoms with Crippen molar-refractivity contribution in [3.8, 4) is 0 Å². The van der Waals surface area contributed by atoms with E-state index < -0.39 is 5.97 Å². The van der Waals surface area contributed by atoms with Crippen molar-refractivity contribution in [2.45, 2.75) is 20.3 Å². The maximum atomic E-state index is 12.3. The number of aryl methyl sites for hydroxylation is 2. The summed E-state index contributed by atoms with van der Waals surface area (Å²) >= 11 is 0. The molecule has 3 aromatic rings. The number of nitrogens with one attached hydrogen (secondary N) is 1. The molecule has 0 fully saturated rings. The summed E-state index contributed by atoms with van der Waals surface area (Å²) < 4.78 is 6.63. The van der Waals surface area contributed by atoms with Crippen molar-refractivity contribution in [2.24, 2.45) is 0 Å². The molecule has 2 heterocycles. The summed E-state index contributed by atoms with van der Waals surface area (Å²) in [7, 11) is 0. The summed E-state index contributed by atoms with van der Waals surface area (Å²) in [5.41, 5.74) is 3.56. The third kappa shape index (κ3) is 3.88. The van der Waals surface area contributed by atoms with Crippen molar-refractivity contribution >= 4 is 17.5 Å². The number of carbonyl (C=O) groups is 2. The lowest BCUT2D eigenvalue weighted by Crippen LogP contribution is -2.30. The van der Waals surface area contributed by atoms with Crippen LogP contribution in [0.1, 0.15) is 27.2 Å². The number of esters is 1. The lowest BCUT2D eigenvalue weighted by molar-refractivity contribution is -0.124. The molecule has 3 rings (SSSR count). The number of hydrogen-bond acceptors (Lipinski definition) is 5. The van der Waals surface area contributed by atoms with Gasteiger partial charge in [-0.3, -0.25) is 4.79 Å². The van der Waals surface area contributed by atoms with Gasteiger partial charge < -0.3 is 10.1 Å². The molecule has 0 atom stereocenters. The zero-order valence-electron chi connectivity index (χ0n) is 14.7. The number of benzene rings is 1. The molecule has 0 saturated carbocycles. The van der Waals surface area contributed by atoms with Gasteiger partial charge in [0.15, 0.2) is 12.3 Å². The van der Waals surface area contributed by atoms with Gasteiger partial charge >= 0.3 is 5.97 Å². The van der Waals surface area contributed by atoms with Crippen LogP contribution in [-0.2, 0) is 16.0 Å². The first-order valence-electron chi connectivity index (χ1n) is 8.34. The average molecular weight is 352 g/mol. The van der Waals surface area contributed by atoms with Gasteiger partial charge in [0, 0.05) is 18.9 Å². The number of hydrogen-bond donors (Lipinski definition) is 1. The van der Waals surface area contributed by atoms with E-state index in [1.807, 2.05) is 31.2 Å². The summed E-state index contributed by atoms with van der Waals surface area (Å²) in [5.74, 6) is -0.945. The Morgan fingerprint density at radius 3 is 2.81 bits per heavy atom. The Labute approximate surface area is 151 Å². The summed E-state index contributed by atoms with van der Waals surface area (Å²) in [6.07, 6.45) is 4.00. The lowest BCUT2D eigenvalue weighted by Gasteiger charge is -2.08. The van der Waals surface area contributed by atoms with Gasteiger partial charge in [-0.15, -0.1) is 0 Å². The fourth-order valence-corrected chi connectivity index (χ4v) is 2.72. The average Bonchev–Trinajstić information content (AvgIpc) is 2.97. The van der Waals surface area contributed by atoms with E-state index >= 15 is 0 Å². The first-order chi connectivity index (χ1) is 12.6. The maximum Gasteiger partial charge on any atom is 0.344 e. The molecular formula is C19H20N4O3. The second-order valence-corrected chi connectivity index (χ2v) is 5.95. The Bertz CT molecular complexity index is 949.